The number of nitrogens with two attached hydrogens (primary N) is 1. The van der Waals surface area contributed by atoms with Crippen LogP contribution >= 0.6 is 0 Å². The van der Waals surface area contributed by atoms with Crippen molar-refractivity contribution >= 4 is 5.91 Å². The van der Waals surface area contributed by atoms with Gasteiger partial charge in [-0.05, 0) is 50.2 Å². The van der Waals surface area contributed by atoms with Gasteiger partial charge in [0.25, 0.3) is 5.91 Å². The number of amides is 1. The molecule has 104 valence electrons. The van der Waals surface area contributed by atoms with Crippen molar-refractivity contribution in [3.8, 4) is 17.0 Å². The van der Waals surface area contributed by atoms with E-state index < -0.39 is 0 Å². The minimum absolute atomic E-state index is 0.135. The summed E-state index contributed by atoms with van der Waals surface area (Å²) in [6.07, 6.45) is 1.72. The second-order valence-electron chi connectivity index (χ2n) is 4.59. The SMILES string of the molecule is CC(C)Oc1ccc(-c2cc(C(=O)NN)ccn2)cc1. The van der Waals surface area contributed by atoms with Crippen molar-refractivity contribution < 1.29 is 9.53 Å². The van der Waals surface area contributed by atoms with Crippen molar-refractivity contribution in [1.29, 1.82) is 0 Å². The maximum Gasteiger partial charge on any atom is 0.265 e. The summed E-state index contributed by atoms with van der Waals surface area (Å²) in [5.74, 6) is 5.59. The van der Waals surface area contributed by atoms with E-state index in [4.69, 9.17) is 10.6 Å². The maximum atomic E-state index is 11.5. The number of hydrazine groups is 1. The second-order valence-corrected chi connectivity index (χ2v) is 4.59. The third-order valence-corrected chi connectivity index (χ3v) is 2.68. The number of carbonyl (C=O) groups excluding carboxylic acids is 1. The molecule has 0 saturated carbocycles. The molecular formula is C15H17N3O2. The number of hydrogen-bond acceptors (Lipinski definition) is 4. The summed E-state index contributed by atoms with van der Waals surface area (Å²) in [5, 5.41) is 0. The quantitative estimate of drug-likeness (QED) is 0.507. The third-order valence-electron chi connectivity index (χ3n) is 2.68. The molecule has 1 aromatic carbocycles. The van der Waals surface area contributed by atoms with Gasteiger partial charge in [0, 0.05) is 17.3 Å². The first-order valence-electron chi connectivity index (χ1n) is 6.34. The zero-order valence-electron chi connectivity index (χ0n) is 11.5. The number of rotatable bonds is 4. The van der Waals surface area contributed by atoms with E-state index in [2.05, 4.69) is 10.4 Å². The first-order valence-corrected chi connectivity index (χ1v) is 6.34. The Morgan fingerprint density at radius 3 is 2.55 bits per heavy atom. The van der Waals surface area contributed by atoms with Gasteiger partial charge in [-0.25, -0.2) is 5.84 Å². The number of nitrogen functional groups attached to an aromatic ring is 1. The van der Waals surface area contributed by atoms with Gasteiger partial charge in [-0.15, -0.1) is 0 Å². The zero-order chi connectivity index (χ0) is 14.5. The molecule has 1 heterocycles. The van der Waals surface area contributed by atoms with E-state index in [-0.39, 0.29) is 12.0 Å². The number of ether oxygens (including phenoxy) is 1. The van der Waals surface area contributed by atoms with Gasteiger partial charge < -0.3 is 4.74 Å². The van der Waals surface area contributed by atoms with Crippen LogP contribution in [0.25, 0.3) is 11.3 Å². The van der Waals surface area contributed by atoms with Crippen molar-refractivity contribution in [2.75, 3.05) is 0 Å². The van der Waals surface area contributed by atoms with Crippen LogP contribution < -0.4 is 16.0 Å². The average Bonchev–Trinajstić information content (AvgIpc) is 2.47. The molecule has 1 amide bonds. The lowest BCUT2D eigenvalue weighted by Crippen LogP contribution is -2.29. The maximum absolute atomic E-state index is 11.5. The van der Waals surface area contributed by atoms with Gasteiger partial charge in [-0.2, -0.15) is 0 Å². The minimum atomic E-state index is -0.339. The molecule has 1 aromatic heterocycles. The van der Waals surface area contributed by atoms with Gasteiger partial charge in [-0.3, -0.25) is 15.2 Å². The third kappa shape index (κ3) is 3.33. The number of hydrogen-bond donors (Lipinski definition) is 2. The van der Waals surface area contributed by atoms with Gasteiger partial charge >= 0.3 is 0 Å². The predicted molar refractivity (Wildman–Crippen MR) is 77.1 cm³/mol. The van der Waals surface area contributed by atoms with Crippen molar-refractivity contribution in [1.82, 2.24) is 10.4 Å². The highest BCUT2D eigenvalue weighted by Gasteiger charge is 2.07. The van der Waals surface area contributed by atoms with Crippen LogP contribution in [0.4, 0.5) is 0 Å². The van der Waals surface area contributed by atoms with Gasteiger partial charge in [0.05, 0.1) is 11.8 Å². The Bertz CT molecular complexity index is 594. The molecule has 0 unspecified atom stereocenters. The molecule has 0 saturated heterocycles. The van der Waals surface area contributed by atoms with Gasteiger partial charge in [0.1, 0.15) is 5.75 Å². The summed E-state index contributed by atoms with van der Waals surface area (Å²) < 4.78 is 5.58. The monoisotopic (exact) mass is 271 g/mol. The van der Waals surface area contributed by atoms with Crippen molar-refractivity contribution in [3.63, 3.8) is 0 Å². The molecule has 5 heteroatoms. The second kappa shape index (κ2) is 6.16. The van der Waals surface area contributed by atoms with Crippen LogP contribution in [0.3, 0.4) is 0 Å². The molecular weight excluding hydrogens is 254 g/mol. The Labute approximate surface area is 117 Å². The van der Waals surface area contributed by atoms with E-state index in [1.165, 1.54) is 0 Å². The summed E-state index contributed by atoms with van der Waals surface area (Å²) in [4.78, 5) is 15.7. The van der Waals surface area contributed by atoms with Crippen LogP contribution in [0.5, 0.6) is 5.75 Å². The number of nitrogens with one attached hydrogen (secondary N) is 1. The highest BCUT2D eigenvalue weighted by Crippen LogP contribution is 2.22. The highest BCUT2D eigenvalue weighted by atomic mass is 16.5. The molecule has 0 bridgehead atoms. The van der Waals surface area contributed by atoms with E-state index in [9.17, 15) is 4.79 Å². The predicted octanol–water partition coefficient (Wildman–Crippen LogP) is 2.14. The number of benzene rings is 1. The van der Waals surface area contributed by atoms with Crippen molar-refractivity contribution in [2.45, 2.75) is 20.0 Å². The summed E-state index contributed by atoms with van der Waals surface area (Å²) in [6.45, 7) is 3.95. The highest BCUT2D eigenvalue weighted by molar-refractivity contribution is 5.94. The number of carbonyl (C=O) groups is 1. The van der Waals surface area contributed by atoms with Crippen LogP contribution in [-0.2, 0) is 0 Å². The van der Waals surface area contributed by atoms with Gasteiger partial charge in [-0.1, -0.05) is 0 Å². The molecule has 5 nitrogen and oxygen atoms in total. The Morgan fingerprint density at radius 2 is 1.95 bits per heavy atom. The first kappa shape index (κ1) is 14.0. The fourth-order valence-electron chi connectivity index (χ4n) is 1.79. The Kier molecular flexibility index (Phi) is 4.32. The smallest absolute Gasteiger partial charge is 0.265 e. The average molecular weight is 271 g/mol. The zero-order valence-corrected chi connectivity index (χ0v) is 11.5. The molecule has 20 heavy (non-hydrogen) atoms. The van der Waals surface area contributed by atoms with Crippen LogP contribution in [0.1, 0.15) is 24.2 Å². The van der Waals surface area contributed by atoms with Crippen LogP contribution in [0.2, 0.25) is 0 Å². The lowest BCUT2D eigenvalue weighted by molar-refractivity contribution is 0.0953. The minimum Gasteiger partial charge on any atom is -0.491 e. The molecule has 0 aliphatic carbocycles. The van der Waals surface area contributed by atoms with E-state index in [1.807, 2.05) is 38.1 Å². The Hall–Kier alpha value is -2.40. The van der Waals surface area contributed by atoms with Crippen molar-refractivity contribution in [2.24, 2.45) is 5.84 Å². The molecule has 0 radical (unpaired) electrons. The van der Waals surface area contributed by atoms with Crippen molar-refractivity contribution in [3.05, 3.63) is 48.2 Å². The lowest BCUT2D eigenvalue weighted by Gasteiger charge is -2.10. The molecule has 0 aliphatic rings. The van der Waals surface area contributed by atoms with Crippen LogP contribution in [0, 0.1) is 0 Å². The lowest BCUT2D eigenvalue weighted by atomic mass is 10.1. The van der Waals surface area contributed by atoms with E-state index in [0.29, 0.717) is 11.3 Å². The standard InChI is InChI=1S/C15H17N3O2/c1-10(2)20-13-5-3-11(4-6-13)14-9-12(7-8-17-14)15(19)18-16/h3-10H,16H2,1-2H3,(H,18,19). The van der Waals surface area contributed by atoms with E-state index >= 15 is 0 Å². The first-order chi connectivity index (χ1) is 9.60. The molecule has 0 aliphatic heterocycles. The number of aromatic nitrogens is 1. The molecule has 0 atom stereocenters. The summed E-state index contributed by atoms with van der Waals surface area (Å²) in [5.41, 5.74) is 4.20. The van der Waals surface area contributed by atoms with Crippen LogP contribution in [-0.4, -0.2) is 17.0 Å². The topological polar surface area (TPSA) is 77.2 Å². The van der Waals surface area contributed by atoms with Gasteiger partial charge in [0.2, 0.25) is 0 Å². The number of nitrogens with zero attached hydrogens (tertiary/aromatic N) is 1. The summed E-state index contributed by atoms with van der Waals surface area (Å²) >= 11 is 0. The molecule has 2 rings (SSSR count). The fourth-order valence-corrected chi connectivity index (χ4v) is 1.79. The van der Waals surface area contributed by atoms with E-state index in [0.717, 1.165) is 11.3 Å². The Morgan fingerprint density at radius 1 is 1.25 bits per heavy atom. The number of pyridine rings is 1. The Balaban J connectivity index is 2.25. The molecule has 3 N–H and O–H groups in total. The molecule has 0 spiro atoms. The normalized spacial score (nSPS) is 10.4. The summed E-state index contributed by atoms with van der Waals surface area (Å²) in [7, 11) is 0. The molecule has 0 fully saturated rings. The van der Waals surface area contributed by atoms with Gasteiger partial charge in [0.15, 0.2) is 0 Å². The fraction of sp³-hybridized carbons (Fsp3) is 0.200. The van der Waals surface area contributed by atoms with E-state index in [1.54, 1.807) is 18.3 Å². The van der Waals surface area contributed by atoms with Crippen LogP contribution in [0.15, 0.2) is 42.6 Å². The summed E-state index contributed by atoms with van der Waals surface area (Å²) in [6, 6.07) is 10.9. The largest absolute Gasteiger partial charge is 0.491 e. The molecule has 2 aromatic rings.